The van der Waals surface area contributed by atoms with Crippen molar-refractivity contribution in [2.75, 3.05) is 11.4 Å². The largest absolute Gasteiger partial charge is 0.481 e. The number of carboxylic acids is 1. The molecule has 164 valence electrons. The summed E-state index contributed by atoms with van der Waals surface area (Å²) in [5, 5.41) is 9.01. The van der Waals surface area contributed by atoms with Gasteiger partial charge >= 0.3 is 5.97 Å². The number of aromatic amines is 1. The van der Waals surface area contributed by atoms with E-state index in [9.17, 15) is 9.59 Å². The van der Waals surface area contributed by atoms with Gasteiger partial charge in [-0.05, 0) is 78.3 Å². The highest BCUT2D eigenvalue weighted by molar-refractivity contribution is 6.05. The van der Waals surface area contributed by atoms with Crippen molar-refractivity contribution in [1.82, 2.24) is 9.97 Å². The number of nitrogens with one attached hydrogen (secondary N) is 1. The van der Waals surface area contributed by atoms with Crippen LogP contribution in [0.2, 0.25) is 0 Å². The minimum atomic E-state index is -0.680. The molecule has 2 aliphatic rings. The van der Waals surface area contributed by atoms with Crippen molar-refractivity contribution in [3.05, 3.63) is 71.8 Å². The van der Waals surface area contributed by atoms with Gasteiger partial charge in [0.05, 0.1) is 0 Å². The van der Waals surface area contributed by atoms with Crippen LogP contribution in [-0.4, -0.2) is 33.5 Å². The van der Waals surface area contributed by atoms with Gasteiger partial charge in [-0.3, -0.25) is 9.59 Å². The van der Waals surface area contributed by atoms with Crippen molar-refractivity contribution in [3.8, 4) is 11.1 Å². The topological polar surface area (TPSA) is 86.3 Å². The zero-order chi connectivity index (χ0) is 22.1. The summed E-state index contributed by atoms with van der Waals surface area (Å²) in [6.07, 6.45) is 8.53. The zero-order valence-electron chi connectivity index (χ0n) is 18.0. The maximum Gasteiger partial charge on any atom is 0.303 e. The molecule has 5 rings (SSSR count). The van der Waals surface area contributed by atoms with Gasteiger partial charge in [0.25, 0.3) is 5.91 Å². The summed E-state index contributed by atoms with van der Waals surface area (Å²) in [4.78, 5) is 32.4. The van der Waals surface area contributed by atoms with Gasteiger partial charge < -0.3 is 15.0 Å². The molecule has 0 bridgehead atoms. The summed E-state index contributed by atoms with van der Waals surface area (Å²) < 4.78 is 0. The molecule has 1 saturated carbocycles. The number of benzene rings is 2. The Morgan fingerprint density at radius 1 is 1.03 bits per heavy atom. The lowest BCUT2D eigenvalue weighted by molar-refractivity contribution is -0.138. The lowest BCUT2D eigenvalue weighted by Crippen LogP contribution is -2.29. The van der Waals surface area contributed by atoms with Crippen molar-refractivity contribution < 1.29 is 14.7 Å². The molecule has 6 nitrogen and oxygen atoms in total. The van der Waals surface area contributed by atoms with E-state index in [1.165, 1.54) is 16.7 Å². The first-order valence-corrected chi connectivity index (χ1v) is 11.3. The SMILES string of the molecule is O=C(O)CC1CCC(c2ccc(-c3ccc4c(c3)CCN4C(=O)c3ncc[nH]3)cc2)CC1. The second kappa shape index (κ2) is 8.61. The standard InChI is InChI=1S/C26H27N3O3/c30-24(31)15-17-1-3-18(4-2-17)19-5-7-20(8-6-19)21-9-10-23-22(16-21)11-14-29(23)26(32)25-27-12-13-28-25/h5-10,12-13,16-18H,1-4,11,14-15H2,(H,27,28)(H,30,31). The molecule has 1 fully saturated rings. The Kier molecular flexibility index (Phi) is 5.52. The normalized spacial score (nSPS) is 20.2. The van der Waals surface area contributed by atoms with Crippen molar-refractivity contribution in [3.63, 3.8) is 0 Å². The van der Waals surface area contributed by atoms with Gasteiger partial charge in [-0.2, -0.15) is 0 Å². The number of amides is 1. The predicted octanol–water partition coefficient (Wildman–Crippen LogP) is 5.03. The molecule has 0 spiro atoms. The summed E-state index contributed by atoms with van der Waals surface area (Å²) in [5.41, 5.74) is 5.83. The molecule has 1 aliphatic carbocycles. The van der Waals surface area contributed by atoms with Crippen LogP contribution in [0.25, 0.3) is 11.1 Å². The van der Waals surface area contributed by atoms with Gasteiger partial charge in [0, 0.05) is 31.0 Å². The first-order chi connectivity index (χ1) is 15.6. The van der Waals surface area contributed by atoms with Gasteiger partial charge in [0.15, 0.2) is 5.82 Å². The molecule has 2 heterocycles. The molecule has 1 aromatic heterocycles. The summed E-state index contributed by atoms with van der Waals surface area (Å²) in [6, 6.07) is 15.1. The summed E-state index contributed by atoms with van der Waals surface area (Å²) in [7, 11) is 0. The molecular weight excluding hydrogens is 402 g/mol. The first kappa shape index (κ1) is 20.5. The highest BCUT2D eigenvalue weighted by atomic mass is 16.4. The number of H-pyrrole nitrogens is 1. The number of fused-ring (bicyclic) bond motifs is 1. The van der Waals surface area contributed by atoms with E-state index >= 15 is 0 Å². The number of hydrogen-bond acceptors (Lipinski definition) is 3. The van der Waals surface area contributed by atoms with Crippen LogP contribution < -0.4 is 4.90 Å². The second-order valence-corrected chi connectivity index (χ2v) is 8.93. The third-order valence-electron chi connectivity index (χ3n) is 6.95. The molecule has 32 heavy (non-hydrogen) atoms. The number of nitrogens with zero attached hydrogens (tertiary/aromatic N) is 2. The molecule has 0 radical (unpaired) electrons. The van der Waals surface area contributed by atoms with Gasteiger partial charge in [0.1, 0.15) is 0 Å². The van der Waals surface area contributed by atoms with Crippen molar-refractivity contribution in [1.29, 1.82) is 0 Å². The average Bonchev–Trinajstić information content (AvgIpc) is 3.49. The van der Waals surface area contributed by atoms with E-state index in [-0.39, 0.29) is 5.91 Å². The number of carbonyl (C=O) groups is 2. The number of aliphatic carboxylic acids is 1. The van der Waals surface area contributed by atoms with Crippen molar-refractivity contribution >= 4 is 17.6 Å². The number of carboxylic acid groups (broad SMARTS) is 1. The number of rotatable bonds is 5. The third-order valence-corrected chi connectivity index (χ3v) is 6.95. The molecule has 0 unspecified atom stereocenters. The Morgan fingerprint density at radius 2 is 1.78 bits per heavy atom. The van der Waals surface area contributed by atoms with E-state index in [0.29, 0.717) is 30.6 Å². The van der Waals surface area contributed by atoms with E-state index in [1.54, 1.807) is 17.3 Å². The van der Waals surface area contributed by atoms with Crippen LogP contribution in [0.3, 0.4) is 0 Å². The summed E-state index contributed by atoms with van der Waals surface area (Å²) >= 11 is 0. The molecule has 6 heteroatoms. The minimum absolute atomic E-state index is 0.0936. The molecule has 1 aliphatic heterocycles. The molecule has 3 aromatic rings. The maximum absolute atomic E-state index is 12.7. The maximum atomic E-state index is 12.7. The fourth-order valence-electron chi connectivity index (χ4n) is 5.20. The number of anilines is 1. The first-order valence-electron chi connectivity index (χ1n) is 11.3. The Labute approximate surface area is 187 Å². The van der Waals surface area contributed by atoms with Crippen LogP contribution >= 0.6 is 0 Å². The van der Waals surface area contributed by atoms with Crippen molar-refractivity contribution in [2.24, 2.45) is 5.92 Å². The smallest absolute Gasteiger partial charge is 0.303 e. The van der Waals surface area contributed by atoms with Gasteiger partial charge in [-0.15, -0.1) is 0 Å². The fraction of sp³-hybridized carbons (Fsp3) is 0.346. The molecule has 2 aromatic carbocycles. The third kappa shape index (κ3) is 4.05. The van der Waals surface area contributed by atoms with Crippen LogP contribution in [0.4, 0.5) is 5.69 Å². The van der Waals surface area contributed by atoms with E-state index < -0.39 is 5.97 Å². The highest BCUT2D eigenvalue weighted by Crippen LogP contribution is 2.38. The predicted molar refractivity (Wildman–Crippen MR) is 123 cm³/mol. The Balaban J connectivity index is 1.27. The van der Waals surface area contributed by atoms with E-state index in [0.717, 1.165) is 43.4 Å². The van der Waals surface area contributed by atoms with Crippen LogP contribution in [0.5, 0.6) is 0 Å². The number of imidazole rings is 1. The summed E-state index contributed by atoms with van der Waals surface area (Å²) in [6.45, 7) is 0.668. The Bertz CT molecular complexity index is 1110. The van der Waals surface area contributed by atoms with E-state index in [2.05, 4.69) is 46.4 Å². The van der Waals surface area contributed by atoms with E-state index in [4.69, 9.17) is 5.11 Å². The second-order valence-electron chi connectivity index (χ2n) is 8.93. The highest BCUT2D eigenvalue weighted by Gasteiger charge is 2.27. The van der Waals surface area contributed by atoms with Crippen LogP contribution in [0.15, 0.2) is 54.9 Å². The number of carbonyl (C=O) groups excluding carboxylic acids is 1. The Morgan fingerprint density at radius 3 is 2.47 bits per heavy atom. The zero-order valence-corrected chi connectivity index (χ0v) is 18.0. The van der Waals surface area contributed by atoms with Crippen LogP contribution in [0.1, 0.15) is 59.8 Å². The van der Waals surface area contributed by atoms with Crippen molar-refractivity contribution in [2.45, 2.75) is 44.4 Å². The molecule has 1 amide bonds. The van der Waals surface area contributed by atoms with Gasteiger partial charge in [-0.25, -0.2) is 4.98 Å². The molecule has 2 N–H and O–H groups in total. The lowest BCUT2D eigenvalue weighted by Gasteiger charge is -2.28. The number of hydrogen-bond donors (Lipinski definition) is 2. The summed E-state index contributed by atoms with van der Waals surface area (Å²) in [5.74, 6) is 0.447. The molecular formula is C26H27N3O3. The quantitative estimate of drug-likeness (QED) is 0.596. The molecule has 0 atom stereocenters. The average molecular weight is 430 g/mol. The van der Waals surface area contributed by atoms with Crippen LogP contribution in [-0.2, 0) is 11.2 Å². The number of aromatic nitrogens is 2. The lowest BCUT2D eigenvalue weighted by atomic mass is 9.77. The van der Waals surface area contributed by atoms with Crippen LogP contribution in [0, 0.1) is 5.92 Å². The minimum Gasteiger partial charge on any atom is -0.481 e. The van der Waals surface area contributed by atoms with Gasteiger partial charge in [0.2, 0.25) is 0 Å². The fourth-order valence-corrected chi connectivity index (χ4v) is 5.20. The monoisotopic (exact) mass is 429 g/mol. The molecule has 0 saturated heterocycles. The van der Waals surface area contributed by atoms with E-state index in [1.807, 2.05) is 6.07 Å². The Hall–Kier alpha value is -3.41. The van der Waals surface area contributed by atoms with Gasteiger partial charge in [-0.1, -0.05) is 30.3 Å².